The molecule has 1 fully saturated rings. The van der Waals surface area contributed by atoms with Gasteiger partial charge in [-0.1, -0.05) is 18.2 Å². The molecule has 2 amide bonds. The summed E-state index contributed by atoms with van der Waals surface area (Å²) in [7, 11) is 0. The van der Waals surface area contributed by atoms with E-state index in [4.69, 9.17) is 0 Å². The molecule has 1 N–H and O–H groups in total. The summed E-state index contributed by atoms with van der Waals surface area (Å²) in [6.07, 6.45) is 1.30. The molecule has 4 nitrogen and oxygen atoms in total. The predicted molar refractivity (Wildman–Crippen MR) is 84.1 cm³/mol. The van der Waals surface area contributed by atoms with Crippen LogP contribution >= 0.6 is 0 Å². The summed E-state index contributed by atoms with van der Waals surface area (Å²) in [4.78, 5) is 26.9. The monoisotopic (exact) mass is 288 g/mol. The summed E-state index contributed by atoms with van der Waals surface area (Å²) in [5, 5.41) is 2.98. The average molecular weight is 288 g/mol. The van der Waals surface area contributed by atoms with E-state index in [1.54, 1.807) is 4.90 Å². The van der Waals surface area contributed by atoms with Gasteiger partial charge in [0.05, 0.1) is 0 Å². The number of anilines is 1. The maximum absolute atomic E-state index is 12.6. The van der Waals surface area contributed by atoms with Crippen molar-refractivity contribution in [2.75, 3.05) is 18.4 Å². The molecule has 21 heavy (non-hydrogen) atoms. The highest BCUT2D eigenvalue weighted by Crippen LogP contribution is 2.48. The van der Waals surface area contributed by atoms with Gasteiger partial charge in [0, 0.05) is 18.8 Å². The normalized spacial score (nSPS) is 15.4. The summed E-state index contributed by atoms with van der Waals surface area (Å²) in [6, 6.07) is 5.90. The van der Waals surface area contributed by atoms with E-state index in [1.165, 1.54) is 0 Å². The number of carbonyl (C=O) groups is 2. The zero-order valence-electron chi connectivity index (χ0n) is 13.3. The lowest BCUT2D eigenvalue weighted by atomic mass is 10.0. The van der Waals surface area contributed by atoms with Crippen LogP contribution < -0.4 is 5.32 Å². The second kappa shape index (κ2) is 5.88. The van der Waals surface area contributed by atoms with Crippen LogP contribution in [0.1, 0.15) is 37.8 Å². The van der Waals surface area contributed by atoms with E-state index >= 15 is 0 Å². The molecule has 0 bridgehead atoms. The molecule has 1 aromatic rings. The lowest BCUT2D eigenvalue weighted by molar-refractivity contribution is -0.141. The van der Waals surface area contributed by atoms with Crippen molar-refractivity contribution >= 4 is 17.5 Å². The molecule has 0 spiro atoms. The van der Waals surface area contributed by atoms with E-state index in [0.29, 0.717) is 25.9 Å². The van der Waals surface area contributed by atoms with Gasteiger partial charge in [-0.15, -0.1) is 0 Å². The van der Waals surface area contributed by atoms with Crippen LogP contribution in [0.4, 0.5) is 5.69 Å². The molecule has 1 saturated carbocycles. The van der Waals surface area contributed by atoms with Crippen LogP contribution in [0.15, 0.2) is 18.2 Å². The molecule has 4 heteroatoms. The summed E-state index contributed by atoms with van der Waals surface area (Å²) in [6.45, 7) is 9.12. The molecule has 0 radical (unpaired) electrons. The number of benzene rings is 1. The number of nitrogens with zero attached hydrogens (tertiary/aromatic N) is 1. The Labute approximate surface area is 126 Å². The number of para-hydroxylation sites is 1. The number of hydrogen-bond donors (Lipinski definition) is 1. The molecule has 0 unspecified atom stereocenters. The number of hydrogen-bond acceptors (Lipinski definition) is 2. The molecule has 0 aliphatic heterocycles. The van der Waals surface area contributed by atoms with E-state index in [0.717, 1.165) is 16.8 Å². The summed E-state index contributed by atoms with van der Waals surface area (Å²) < 4.78 is 0. The third-order valence-corrected chi connectivity index (χ3v) is 4.36. The van der Waals surface area contributed by atoms with Gasteiger partial charge in [0.2, 0.25) is 11.8 Å². The van der Waals surface area contributed by atoms with Crippen LogP contribution in [-0.4, -0.2) is 29.8 Å². The van der Waals surface area contributed by atoms with Gasteiger partial charge in [0.25, 0.3) is 0 Å². The van der Waals surface area contributed by atoms with Gasteiger partial charge in [-0.3, -0.25) is 9.59 Å². The second-order valence-corrected chi connectivity index (χ2v) is 5.78. The zero-order chi connectivity index (χ0) is 15.6. The highest BCUT2D eigenvalue weighted by molar-refractivity contribution is 6.13. The SMILES string of the molecule is CCN(CC)C(=O)C1(C(=O)Nc2c(C)cccc2C)CC1. The molecular formula is C17H24N2O2. The van der Waals surface area contributed by atoms with Gasteiger partial charge >= 0.3 is 0 Å². The maximum Gasteiger partial charge on any atom is 0.240 e. The summed E-state index contributed by atoms with van der Waals surface area (Å²) in [5.74, 6) is -0.187. The molecule has 0 aromatic heterocycles. The van der Waals surface area contributed by atoms with Crippen LogP contribution in [-0.2, 0) is 9.59 Å². The van der Waals surface area contributed by atoms with Gasteiger partial charge in [-0.2, -0.15) is 0 Å². The van der Waals surface area contributed by atoms with Crippen molar-refractivity contribution in [1.29, 1.82) is 0 Å². The first-order valence-corrected chi connectivity index (χ1v) is 7.63. The minimum Gasteiger partial charge on any atom is -0.342 e. The summed E-state index contributed by atoms with van der Waals surface area (Å²) in [5.41, 5.74) is 2.05. The van der Waals surface area contributed by atoms with Crippen molar-refractivity contribution in [1.82, 2.24) is 4.90 Å². The lowest BCUT2D eigenvalue weighted by Gasteiger charge is -2.25. The van der Waals surface area contributed by atoms with Gasteiger partial charge in [-0.25, -0.2) is 0 Å². The Morgan fingerprint density at radius 3 is 2.10 bits per heavy atom. The fourth-order valence-electron chi connectivity index (χ4n) is 2.72. The van der Waals surface area contributed by atoms with E-state index in [-0.39, 0.29) is 11.8 Å². The van der Waals surface area contributed by atoms with Crippen LogP contribution in [0.3, 0.4) is 0 Å². The number of rotatable bonds is 5. The lowest BCUT2D eigenvalue weighted by Crippen LogP contribution is -2.43. The van der Waals surface area contributed by atoms with Crippen molar-refractivity contribution in [2.45, 2.75) is 40.5 Å². The molecule has 0 saturated heterocycles. The molecule has 0 heterocycles. The molecule has 1 aliphatic carbocycles. The Bertz CT molecular complexity index is 538. The number of carbonyl (C=O) groups excluding carboxylic acids is 2. The third-order valence-electron chi connectivity index (χ3n) is 4.36. The number of amides is 2. The first kappa shape index (κ1) is 15.5. The quantitative estimate of drug-likeness (QED) is 0.847. The van der Waals surface area contributed by atoms with Crippen LogP contribution in [0.5, 0.6) is 0 Å². The van der Waals surface area contributed by atoms with Crippen LogP contribution in [0.25, 0.3) is 0 Å². The minimum absolute atomic E-state index is 0.0313. The zero-order valence-corrected chi connectivity index (χ0v) is 13.3. The fourth-order valence-corrected chi connectivity index (χ4v) is 2.72. The molecular weight excluding hydrogens is 264 g/mol. The first-order valence-electron chi connectivity index (χ1n) is 7.63. The standard InChI is InChI=1S/C17H24N2O2/c1-5-19(6-2)16(21)17(10-11-17)15(20)18-14-12(3)8-7-9-13(14)4/h7-9H,5-6,10-11H2,1-4H3,(H,18,20). The second-order valence-electron chi connectivity index (χ2n) is 5.78. The van der Waals surface area contributed by atoms with Crippen molar-refractivity contribution in [3.05, 3.63) is 29.3 Å². The molecule has 0 atom stereocenters. The van der Waals surface area contributed by atoms with Crippen molar-refractivity contribution in [3.8, 4) is 0 Å². The Morgan fingerprint density at radius 2 is 1.67 bits per heavy atom. The average Bonchev–Trinajstić information content (AvgIpc) is 3.25. The first-order chi connectivity index (χ1) is 9.96. The number of nitrogens with one attached hydrogen (secondary N) is 1. The fraction of sp³-hybridized carbons (Fsp3) is 0.529. The Morgan fingerprint density at radius 1 is 1.14 bits per heavy atom. The minimum atomic E-state index is -0.833. The van der Waals surface area contributed by atoms with Gasteiger partial charge in [0.1, 0.15) is 5.41 Å². The summed E-state index contributed by atoms with van der Waals surface area (Å²) >= 11 is 0. The van der Waals surface area contributed by atoms with Gasteiger partial charge in [0.15, 0.2) is 0 Å². The number of aryl methyl sites for hydroxylation is 2. The Hall–Kier alpha value is -1.84. The predicted octanol–water partition coefficient (Wildman–Crippen LogP) is 2.89. The molecule has 2 rings (SSSR count). The molecule has 1 aliphatic rings. The van der Waals surface area contributed by atoms with Crippen molar-refractivity contribution in [2.24, 2.45) is 5.41 Å². The van der Waals surface area contributed by atoms with E-state index in [9.17, 15) is 9.59 Å². The molecule has 114 valence electrons. The third kappa shape index (κ3) is 2.80. The van der Waals surface area contributed by atoms with E-state index in [1.807, 2.05) is 45.9 Å². The van der Waals surface area contributed by atoms with Crippen molar-refractivity contribution < 1.29 is 9.59 Å². The van der Waals surface area contributed by atoms with Gasteiger partial charge < -0.3 is 10.2 Å². The Kier molecular flexibility index (Phi) is 4.35. The highest BCUT2D eigenvalue weighted by atomic mass is 16.2. The topological polar surface area (TPSA) is 49.4 Å². The van der Waals surface area contributed by atoms with Crippen molar-refractivity contribution in [3.63, 3.8) is 0 Å². The van der Waals surface area contributed by atoms with Gasteiger partial charge in [-0.05, 0) is 51.7 Å². The van der Waals surface area contributed by atoms with E-state index in [2.05, 4.69) is 5.32 Å². The highest BCUT2D eigenvalue weighted by Gasteiger charge is 2.57. The smallest absolute Gasteiger partial charge is 0.240 e. The largest absolute Gasteiger partial charge is 0.342 e. The van der Waals surface area contributed by atoms with Crippen LogP contribution in [0.2, 0.25) is 0 Å². The Balaban J connectivity index is 2.19. The van der Waals surface area contributed by atoms with E-state index < -0.39 is 5.41 Å². The van der Waals surface area contributed by atoms with Crippen LogP contribution in [0, 0.1) is 19.3 Å². The maximum atomic E-state index is 12.6. The molecule has 1 aromatic carbocycles.